The molecule has 23 heavy (non-hydrogen) atoms. The van der Waals surface area contributed by atoms with Crippen LogP contribution in [-0.4, -0.2) is 6.21 Å². The molecule has 0 aromatic heterocycles. The van der Waals surface area contributed by atoms with Crippen LogP contribution in [0.2, 0.25) is 0 Å². The molecule has 0 saturated carbocycles. The number of hydrogen-bond donors (Lipinski definition) is 0. The number of nitrogens with zero attached hydrogens (tertiary/aromatic N) is 1. The molecule has 3 rings (SSSR count). The van der Waals surface area contributed by atoms with Gasteiger partial charge in [-0.3, -0.25) is 4.99 Å². The Hall–Kier alpha value is -2.81. The van der Waals surface area contributed by atoms with Gasteiger partial charge >= 0.3 is 0 Å². The quantitative estimate of drug-likeness (QED) is 0.579. The molecule has 0 bridgehead atoms. The number of rotatable bonds is 4. The standard InChI is InChI=1S/C20H15F2N/c21-18-10-6-11-19(22)17(18)14-23-20-12-5-4-9-16(20)13-15-7-2-1-3-8-15/h1-12,14H,13H2. The van der Waals surface area contributed by atoms with Crippen molar-refractivity contribution in [1.29, 1.82) is 0 Å². The maximum atomic E-state index is 13.7. The molecule has 1 nitrogen and oxygen atoms in total. The second kappa shape index (κ2) is 6.97. The summed E-state index contributed by atoms with van der Waals surface area (Å²) in [6.45, 7) is 0. The first-order chi connectivity index (χ1) is 11.2. The van der Waals surface area contributed by atoms with Crippen LogP contribution in [0.3, 0.4) is 0 Å². The van der Waals surface area contributed by atoms with E-state index in [0.717, 1.165) is 11.1 Å². The van der Waals surface area contributed by atoms with E-state index in [1.54, 1.807) is 0 Å². The minimum atomic E-state index is -0.616. The topological polar surface area (TPSA) is 12.4 Å². The molecule has 0 N–H and O–H groups in total. The summed E-state index contributed by atoms with van der Waals surface area (Å²) in [4.78, 5) is 4.29. The molecule has 0 aliphatic heterocycles. The lowest BCUT2D eigenvalue weighted by Gasteiger charge is -2.06. The highest BCUT2D eigenvalue weighted by Crippen LogP contribution is 2.22. The number of hydrogen-bond acceptors (Lipinski definition) is 1. The van der Waals surface area contributed by atoms with Gasteiger partial charge in [-0.25, -0.2) is 8.78 Å². The normalized spacial score (nSPS) is 11.0. The third-order valence-electron chi connectivity index (χ3n) is 3.56. The third kappa shape index (κ3) is 3.69. The molecule has 0 aliphatic rings. The van der Waals surface area contributed by atoms with Crippen molar-refractivity contribution in [3.8, 4) is 0 Å². The summed E-state index contributed by atoms with van der Waals surface area (Å²) in [5, 5.41) is 0. The molecule has 0 fully saturated rings. The fourth-order valence-electron chi connectivity index (χ4n) is 2.37. The van der Waals surface area contributed by atoms with Crippen LogP contribution in [0.4, 0.5) is 14.5 Å². The van der Waals surface area contributed by atoms with Crippen LogP contribution in [0.1, 0.15) is 16.7 Å². The lowest BCUT2D eigenvalue weighted by atomic mass is 10.0. The fourth-order valence-corrected chi connectivity index (χ4v) is 2.37. The highest BCUT2D eigenvalue weighted by atomic mass is 19.1. The Morgan fingerprint density at radius 3 is 2.13 bits per heavy atom. The van der Waals surface area contributed by atoms with E-state index in [1.165, 1.54) is 24.4 Å². The van der Waals surface area contributed by atoms with Crippen LogP contribution in [0.25, 0.3) is 0 Å². The van der Waals surface area contributed by atoms with Crippen LogP contribution in [-0.2, 0) is 6.42 Å². The Bertz CT molecular complexity index is 806. The summed E-state index contributed by atoms with van der Waals surface area (Å²) in [6.07, 6.45) is 1.96. The van der Waals surface area contributed by atoms with Gasteiger partial charge in [-0.1, -0.05) is 54.6 Å². The Morgan fingerprint density at radius 1 is 0.739 bits per heavy atom. The Labute approximate surface area is 134 Å². The second-order valence-electron chi connectivity index (χ2n) is 5.18. The van der Waals surface area contributed by atoms with Gasteiger partial charge in [-0.05, 0) is 35.7 Å². The first-order valence-electron chi connectivity index (χ1n) is 7.34. The van der Waals surface area contributed by atoms with E-state index >= 15 is 0 Å². The lowest BCUT2D eigenvalue weighted by Crippen LogP contribution is -1.94. The van der Waals surface area contributed by atoms with Crippen molar-refractivity contribution in [2.24, 2.45) is 4.99 Å². The van der Waals surface area contributed by atoms with Crippen LogP contribution in [0.15, 0.2) is 77.8 Å². The van der Waals surface area contributed by atoms with Gasteiger partial charge in [0.25, 0.3) is 0 Å². The van der Waals surface area contributed by atoms with E-state index in [9.17, 15) is 8.78 Å². The largest absolute Gasteiger partial charge is 0.256 e. The van der Waals surface area contributed by atoms with Crippen molar-refractivity contribution in [2.75, 3.05) is 0 Å². The number of benzene rings is 3. The molecule has 0 saturated heterocycles. The molecule has 0 heterocycles. The van der Waals surface area contributed by atoms with E-state index in [0.29, 0.717) is 12.1 Å². The smallest absolute Gasteiger partial charge is 0.134 e. The van der Waals surface area contributed by atoms with Crippen molar-refractivity contribution < 1.29 is 8.78 Å². The van der Waals surface area contributed by atoms with Gasteiger partial charge in [0.1, 0.15) is 11.6 Å². The summed E-state index contributed by atoms with van der Waals surface area (Å²) in [7, 11) is 0. The van der Waals surface area contributed by atoms with Gasteiger partial charge in [0.05, 0.1) is 11.3 Å². The Balaban J connectivity index is 1.90. The average molecular weight is 307 g/mol. The van der Waals surface area contributed by atoms with Crippen molar-refractivity contribution >= 4 is 11.9 Å². The van der Waals surface area contributed by atoms with Gasteiger partial charge in [0.2, 0.25) is 0 Å². The van der Waals surface area contributed by atoms with Gasteiger partial charge in [-0.15, -0.1) is 0 Å². The molecule has 0 radical (unpaired) electrons. The molecular formula is C20H15F2N. The first-order valence-corrected chi connectivity index (χ1v) is 7.34. The zero-order valence-corrected chi connectivity index (χ0v) is 12.4. The zero-order valence-electron chi connectivity index (χ0n) is 12.4. The van der Waals surface area contributed by atoms with Gasteiger partial charge in [-0.2, -0.15) is 0 Å². The highest BCUT2D eigenvalue weighted by molar-refractivity contribution is 5.83. The summed E-state index contributed by atoms with van der Waals surface area (Å²) in [5.74, 6) is -1.23. The predicted octanol–water partition coefficient (Wildman–Crippen LogP) is 5.31. The first kappa shape index (κ1) is 15.1. The highest BCUT2D eigenvalue weighted by Gasteiger charge is 2.06. The zero-order chi connectivity index (χ0) is 16.1. The molecule has 0 atom stereocenters. The number of para-hydroxylation sites is 1. The summed E-state index contributed by atoms with van der Waals surface area (Å²) < 4.78 is 27.3. The van der Waals surface area contributed by atoms with E-state index < -0.39 is 11.6 Å². The number of halogens is 2. The lowest BCUT2D eigenvalue weighted by molar-refractivity contribution is 0.580. The summed E-state index contributed by atoms with van der Waals surface area (Å²) in [6, 6.07) is 21.4. The molecule has 0 spiro atoms. The molecule has 3 aromatic rings. The summed E-state index contributed by atoms with van der Waals surface area (Å²) in [5.41, 5.74) is 2.75. The molecule has 0 unspecified atom stereocenters. The number of aliphatic imine (C=N–C) groups is 1. The molecule has 3 aromatic carbocycles. The van der Waals surface area contributed by atoms with E-state index in [2.05, 4.69) is 4.99 Å². The van der Waals surface area contributed by atoms with Crippen molar-refractivity contribution in [1.82, 2.24) is 0 Å². The van der Waals surface area contributed by atoms with Gasteiger partial charge in [0.15, 0.2) is 0 Å². The van der Waals surface area contributed by atoms with E-state index in [-0.39, 0.29) is 5.56 Å². The predicted molar refractivity (Wildman–Crippen MR) is 89.3 cm³/mol. The molecule has 114 valence electrons. The molecule has 0 amide bonds. The van der Waals surface area contributed by atoms with Crippen LogP contribution in [0.5, 0.6) is 0 Å². The van der Waals surface area contributed by atoms with Crippen molar-refractivity contribution in [3.05, 3.63) is 101 Å². The Kier molecular flexibility index (Phi) is 4.57. The molecule has 0 aliphatic carbocycles. The Morgan fingerprint density at radius 2 is 1.39 bits per heavy atom. The van der Waals surface area contributed by atoms with Gasteiger partial charge < -0.3 is 0 Å². The van der Waals surface area contributed by atoms with Crippen molar-refractivity contribution in [2.45, 2.75) is 6.42 Å². The average Bonchev–Trinajstić information content (AvgIpc) is 2.57. The molecule has 3 heteroatoms. The van der Waals surface area contributed by atoms with Crippen LogP contribution >= 0.6 is 0 Å². The minimum absolute atomic E-state index is 0.123. The fraction of sp³-hybridized carbons (Fsp3) is 0.0500. The maximum Gasteiger partial charge on any atom is 0.134 e. The van der Waals surface area contributed by atoms with E-state index in [1.807, 2.05) is 54.6 Å². The van der Waals surface area contributed by atoms with Crippen LogP contribution < -0.4 is 0 Å². The second-order valence-corrected chi connectivity index (χ2v) is 5.18. The summed E-state index contributed by atoms with van der Waals surface area (Å²) >= 11 is 0. The third-order valence-corrected chi connectivity index (χ3v) is 3.56. The van der Waals surface area contributed by atoms with Crippen LogP contribution in [0, 0.1) is 11.6 Å². The SMILES string of the molecule is Fc1cccc(F)c1C=Nc1ccccc1Cc1ccccc1. The maximum absolute atomic E-state index is 13.7. The van der Waals surface area contributed by atoms with Crippen molar-refractivity contribution in [3.63, 3.8) is 0 Å². The monoisotopic (exact) mass is 307 g/mol. The van der Waals surface area contributed by atoms with E-state index in [4.69, 9.17) is 0 Å². The molecular weight excluding hydrogens is 292 g/mol. The van der Waals surface area contributed by atoms with Gasteiger partial charge in [0, 0.05) is 6.21 Å². The minimum Gasteiger partial charge on any atom is -0.256 e.